The molecule has 0 aliphatic rings. The largest absolute Gasteiger partial charge is 0.315 e. The summed E-state index contributed by atoms with van der Waals surface area (Å²) in [5.74, 6) is 0. The van der Waals surface area contributed by atoms with Gasteiger partial charge in [-0.25, -0.2) is 0 Å². The number of hydrogen-bond donors (Lipinski definition) is 2. The van der Waals surface area contributed by atoms with E-state index in [4.69, 9.17) is 0 Å². The van der Waals surface area contributed by atoms with Gasteiger partial charge in [-0.3, -0.25) is 0 Å². The maximum absolute atomic E-state index is 4.19. The van der Waals surface area contributed by atoms with Crippen molar-refractivity contribution in [1.29, 1.82) is 0 Å². The molecule has 0 amide bonds. The minimum Gasteiger partial charge on any atom is -0.315 e. The third-order valence-electron chi connectivity index (χ3n) is 2.02. The van der Waals surface area contributed by atoms with E-state index in [1.807, 2.05) is 0 Å². The maximum atomic E-state index is 4.19. The average molecular weight is 221 g/mol. The summed E-state index contributed by atoms with van der Waals surface area (Å²) in [6, 6.07) is 0.631. The summed E-state index contributed by atoms with van der Waals surface area (Å²) in [4.78, 5) is 0. The van der Waals surface area contributed by atoms with Gasteiger partial charge in [0.1, 0.15) is 0 Å². The first-order valence-corrected chi connectivity index (χ1v) is 7.13. The third-order valence-corrected chi connectivity index (χ3v) is 3.70. The zero-order valence-electron chi connectivity index (χ0n) is 9.05. The lowest BCUT2D eigenvalue weighted by molar-refractivity contribution is 0.542. The first-order valence-electron chi connectivity index (χ1n) is 5.20. The van der Waals surface area contributed by atoms with E-state index >= 15 is 0 Å². The molecule has 0 saturated heterocycles. The number of nitrogens with one attached hydrogen (secondary N) is 1. The fourth-order valence-corrected chi connectivity index (χ4v) is 1.77. The molecule has 0 heterocycles. The second-order valence-electron chi connectivity index (χ2n) is 3.87. The predicted molar refractivity (Wildman–Crippen MR) is 67.6 cm³/mol. The molecule has 1 N–H and O–H groups in total. The lowest BCUT2D eigenvalue weighted by Gasteiger charge is -2.08. The third kappa shape index (κ3) is 10.6. The van der Waals surface area contributed by atoms with Gasteiger partial charge in [0.15, 0.2) is 0 Å². The monoisotopic (exact) mass is 221 g/mol. The Kier molecular flexibility index (Phi) is 9.69. The lowest BCUT2D eigenvalue weighted by Crippen LogP contribution is -2.23. The van der Waals surface area contributed by atoms with Gasteiger partial charge in [0.05, 0.1) is 0 Å². The second-order valence-corrected chi connectivity index (χ2v) is 5.52. The molecule has 1 unspecified atom stereocenters. The highest BCUT2D eigenvalue weighted by atomic mass is 33.1. The lowest BCUT2D eigenvalue weighted by atomic mass is 10.1. The van der Waals surface area contributed by atoms with Crippen molar-refractivity contribution in [1.82, 2.24) is 5.32 Å². The van der Waals surface area contributed by atoms with E-state index in [2.05, 4.69) is 37.7 Å². The summed E-state index contributed by atoms with van der Waals surface area (Å²) in [7, 11) is 1.67. The quantitative estimate of drug-likeness (QED) is 0.369. The van der Waals surface area contributed by atoms with Crippen molar-refractivity contribution in [2.75, 3.05) is 6.54 Å². The van der Waals surface area contributed by atoms with Crippen molar-refractivity contribution in [3.63, 3.8) is 0 Å². The van der Waals surface area contributed by atoms with Crippen molar-refractivity contribution >= 4 is 22.5 Å². The van der Waals surface area contributed by atoms with Crippen molar-refractivity contribution in [3.8, 4) is 0 Å². The van der Waals surface area contributed by atoms with Crippen LogP contribution in [0.4, 0.5) is 0 Å². The molecule has 0 aromatic rings. The number of unbranched alkanes of at least 4 members (excludes halogenated alkanes) is 2. The van der Waals surface area contributed by atoms with Gasteiger partial charge >= 0.3 is 0 Å². The Hall–Kier alpha value is 0.660. The second kappa shape index (κ2) is 9.22. The van der Waals surface area contributed by atoms with E-state index in [0.717, 1.165) is 0 Å². The number of thiol groups is 1. The Morgan fingerprint density at radius 1 is 1.15 bits per heavy atom. The van der Waals surface area contributed by atoms with Crippen LogP contribution in [0.2, 0.25) is 0 Å². The highest BCUT2D eigenvalue weighted by molar-refractivity contribution is 8.68. The molecule has 0 saturated carbocycles. The zero-order chi connectivity index (χ0) is 10.1. The predicted octanol–water partition coefficient (Wildman–Crippen LogP) is 3.51. The molecule has 0 aliphatic carbocycles. The molecule has 13 heavy (non-hydrogen) atoms. The molecule has 0 spiro atoms. The van der Waals surface area contributed by atoms with Crippen LogP contribution in [0.25, 0.3) is 0 Å². The first kappa shape index (κ1) is 13.7. The summed E-state index contributed by atoms with van der Waals surface area (Å²) in [6.07, 6.45) is 5.30. The van der Waals surface area contributed by atoms with E-state index in [1.54, 1.807) is 10.8 Å². The van der Waals surface area contributed by atoms with Gasteiger partial charge in [0, 0.05) is 11.3 Å². The smallest absolute Gasteiger partial charge is 0.0120 e. The van der Waals surface area contributed by atoms with Crippen LogP contribution < -0.4 is 5.32 Å². The molecule has 0 fully saturated rings. The molecule has 0 aromatic heterocycles. The normalized spacial score (nSPS) is 13.6. The first-order chi connectivity index (χ1) is 6.16. The van der Waals surface area contributed by atoms with Gasteiger partial charge in [0.2, 0.25) is 0 Å². The van der Waals surface area contributed by atoms with Crippen LogP contribution in [0.15, 0.2) is 0 Å². The average Bonchev–Trinajstić information content (AvgIpc) is 2.10. The van der Waals surface area contributed by atoms with Crippen LogP contribution in [-0.2, 0) is 0 Å². The number of rotatable bonds is 8. The molecular formula is C10H23NS2. The van der Waals surface area contributed by atoms with Gasteiger partial charge in [0.25, 0.3) is 0 Å². The summed E-state index contributed by atoms with van der Waals surface area (Å²) in [5, 5.41) is 4.14. The molecule has 0 radical (unpaired) electrons. The number of hydrogen-bond acceptors (Lipinski definition) is 3. The van der Waals surface area contributed by atoms with Crippen LogP contribution in [-0.4, -0.2) is 17.8 Å². The summed E-state index contributed by atoms with van der Waals surface area (Å²) < 4.78 is 0. The summed E-state index contributed by atoms with van der Waals surface area (Å²) in [5.41, 5.74) is 0. The molecule has 0 bridgehead atoms. The fraction of sp³-hybridized carbons (Fsp3) is 1.00. The minimum atomic E-state index is 0.631. The van der Waals surface area contributed by atoms with E-state index in [9.17, 15) is 0 Å². The Labute approximate surface area is 92.3 Å². The van der Waals surface area contributed by atoms with Crippen LogP contribution in [0.3, 0.4) is 0 Å². The van der Waals surface area contributed by atoms with Crippen molar-refractivity contribution < 1.29 is 0 Å². The van der Waals surface area contributed by atoms with Gasteiger partial charge in [-0.1, -0.05) is 44.4 Å². The zero-order valence-corrected chi connectivity index (χ0v) is 10.8. The molecule has 0 rings (SSSR count). The Balaban J connectivity index is 2.99. The van der Waals surface area contributed by atoms with Crippen molar-refractivity contribution in [2.24, 2.45) is 0 Å². The summed E-state index contributed by atoms with van der Waals surface area (Å²) >= 11 is 4.19. The van der Waals surface area contributed by atoms with Gasteiger partial charge < -0.3 is 5.32 Å². The van der Waals surface area contributed by atoms with Gasteiger partial charge in [-0.2, -0.15) is 0 Å². The Bertz CT molecular complexity index is 107. The van der Waals surface area contributed by atoms with Crippen molar-refractivity contribution in [2.45, 2.75) is 57.7 Å². The van der Waals surface area contributed by atoms with Crippen LogP contribution in [0, 0.1) is 0 Å². The molecule has 80 valence electrons. The van der Waals surface area contributed by atoms with Gasteiger partial charge in [-0.05, 0) is 19.4 Å². The molecule has 0 aliphatic heterocycles. The summed E-state index contributed by atoms with van der Waals surface area (Å²) in [6.45, 7) is 7.79. The topological polar surface area (TPSA) is 12.0 Å². The highest BCUT2D eigenvalue weighted by Crippen LogP contribution is 2.19. The van der Waals surface area contributed by atoms with Crippen LogP contribution >= 0.6 is 22.5 Å². The van der Waals surface area contributed by atoms with Crippen LogP contribution in [0.1, 0.15) is 46.5 Å². The Morgan fingerprint density at radius 2 is 1.85 bits per heavy atom. The van der Waals surface area contributed by atoms with Crippen molar-refractivity contribution in [3.05, 3.63) is 0 Å². The van der Waals surface area contributed by atoms with E-state index in [1.165, 1.54) is 32.2 Å². The highest BCUT2D eigenvalue weighted by Gasteiger charge is 1.99. The molecule has 0 aromatic carbocycles. The minimum absolute atomic E-state index is 0.631. The van der Waals surface area contributed by atoms with E-state index < -0.39 is 0 Å². The fourth-order valence-electron chi connectivity index (χ4n) is 1.18. The molecule has 1 atom stereocenters. The molecule has 1 nitrogen and oxygen atoms in total. The molecule has 3 heteroatoms. The van der Waals surface area contributed by atoms with E-state index in [-0.39, 0.29) is 0 Å². The standard InChI is InChI=1S/C10H23NS2/c1-9(2)11-8-6-4-5-7-10(3)13-12/h9-12H,4-8H2,1-3H3. The molecular weight excluding hydrogens is 198 g/mol. The maximum Gasteiger partial charge on any atom is 0.0120 e. The van der Waals surface area contributed by atoms with Crippen LogP contribution in [0.5, 0.6) is 0 Å². The Morgan fingerprint density at radius 3 is 2.38 bits per heavy atom. The SMILES string of the molecule is CC(C)NCCCCCC(C)SS. The van der Waals surface area contributed by atoms with Gasteiger partial charge in [-0.15, -0.1) is 11.7 Å². The van der Waals surface area contributed by atoms with E-state index in [0.29, 0.717) is 11.3 Å².